The molecule has 0 unspecified atom stereocenters. The Bertz CT molecular complexity index is 708. The number of hydrogen-bond acceptors (Lipinski definition) is 5. The van der Waals surface area contributed by atoms with Gasteiger partial charge in [-0.1, -0.05) is 6.07 Å². The average Bonchev–Trinajstić information content (AvgIpc) is 2.77. The predicted molar refractivity (Wildman–Crippen MR) is 72.3 cm³/mol. The van der Waals surface area contributed by atoms with E-state index < -0.39 is 0 Å². The number of nitrogens with two attached hydrogens (primary N) is 1. The first kappa shape index (κ1) is 11.6. The molecular formula is C13H13N5O. The number of hydrogen-bond donors (Lipinski definition) is 2. The van der Waals surface area contributed by atoms with Crippen molar-refractivity contribution in [3.8, 4) is 11.1 Å². The summed E-state index contributed by atoms with van der Waals surface area (Å²) in [6.45, 7) is 0.384. The van der Waals surface area contributed by atoms with E-state index in [1.165, 1.54) is 0 Å². The maximum absolute atomic E-state index is 8.98. The van der Waals surface area contributed by atoms with Crippen LogP contribution in [0.25, 0.3) is 22.2 Å². The third-order valence-electron chi connectivity index (χ3n) is 2.92. The summed E-state index contributed by atoms with van der Waals surface area (Å²) in [5, 5.41) is 13.9. The first-order valence-corrected chi connectivity index (χ1v) is 5.93. The molecule has 6 nitrogen and oxygen atoms in total. The fourth-order valence-corrected chi connectivity index (χ4v) is 2.03. The lowest BCUT2D eigenvalue weighted by Crippen LogP contribution is -2.04. The van der Waals surface area contributed by atoms with Crippen LogP contribution in [0.15, 0.2) is 36.8 Å². The van der Waals surface area contributed by atoms with Gasteiger partial charge in [-0.15, -0.1) is 0 Å². The number of pyridine rings is 2. The lowest BCUT2D eigenvalue weighted by Gasteiger charge is -2.02. The third-order valence-corrected chi connectivity index (χ3v) is 2.92. The van der Waals surface area contributed by atoms with Crippen LogP contribution in [0.3, 0.4) is 0 Å². The Hall–Kier alpha value is -2.47. The lowest BCUT2D eigenvalue weighted by atomic mass is 10.1. The second kappa shape index (κ2) is 4.66. The Morgan fingerprint density at radius 3 is 2.89 bits per heavy atom. The second-order valence-electron chi connectivity index (χ2n) is 4.17. The molecular weight excluding hydrogens is 242 g/mol. The summed E-state index contributed by atoms with van der Waals surface area (Å²) in [7, 11) is 0. The molecule has 96 valence electrons. The Labute approximate surface area is 109 Å². The highest BCUT2D eigenvalue weighted by molar-refractivity contribution is 5.89. The van der Waals surface area contributed by atoms with Crippen molar-refractivity contribution in [3.05, 3.63) is 36.8 Å². The molecule has 19 heavy (non-hydrogen) atoms. The molecule has 0 aliphatic heterocycles. The van der Waals surface area contributed by atoms with Crippen LogP contribution in [0.1, 0.15) is 0 Å². The van der Waals surface area contributed by atoms with E-state index in [2.05, 4.69) is 15.1 Å². The van der Waals surface area contributed by atoms with Gasteiger partial charge in [-0.05, 0) is 12.1 Å². The molecule has 3 aromatic rings. The van der Waals surface area contributed by atoms with Gasteiger partial charge in [-0.3, -0.25) is 4.98 Å². The number of aliphatic hydroxyl groups is 1. The Balaban J connectivity index is 2.14. The molecule has 0 saturated heterocycles. The van der Waals surface area contributed by atoms with Gasteiger partial charge < -0.3 is 10.8 Å². The molecule has 0 bridgehead atoms. The summed E-state index contributed by atoms with van der Waals surface area (Å²) in [6, 6.07) is 5.78. The first-order chi connectivity index (χ1) is 9.29. The van der Waals surface area contributed by atoms with Gasteiger partial charge in [-0.2, -0.15) is 5.10 Å². The van der Waals surface area contributed by atoms with Crippen LogP contribution in [0.5, 0.6) is 0 Å². The summed E-state index contributed by atoms with van der Waals surface area (Å²) in [5.74, 6) is 0.418. The lowest BCUT2D eigenvalue weighted by molar-refractivity contribution is 0.271. The summed E-state index contributed by atoms with van der Waals surface area (Å²) < 4.78 is 1.61. The Morgan fingerprint density at radius 1 is 1.26 bits per heavy atom. The summed E-state index contributed by atoms with van der Waals surface area (Å²) in [6.07, 6.45) is 5.26. The Kier molecular flexibility index (Phi) is 2.85. The largest absolute Gasteiger partial charge is 0.394 e. The van der Waals surface area contributed by atoms with Gasteiger partial charge in [0.15, 0.2) is 11.5 Å². The van der Waals surface area contributed by atoms with Gasteiger partial charge >= 0.3 is 0 Å². The fourth-order valence-electron chi connectivity index (χ4n) is 2.03. The van der Waals surface area contributed by atoms with Crippen LogP contribution >= 0.6 is 0 Å². The minimum absolute atomic E-state index is 0.00224. The Morgan fingerprint density at radius 2 is 2.16 bits per heavy atom. The van der Waals surface area contributed by atoms with E-state index in [4.69, 9.17) is 10.8 Å². The van der Waals surface area contributed by atoms with Gasteiger partial charge in [0.25, 0.3) is 0 Å². The van der Waals surface area contributed by atoms with Crippen molar-refractivity contribution in [1.29, 1.82) is 0 Å². The van der Waals surface area contributed by atoms with Crippen molar-refractivity contribution in [2.24, 2.45) is 0 Å². The molecule has 0 aliphatic rings. The van der Waals surface area contributed by atoms with E-state index in [1.807, 2.05) is 18.2 Å². The SMILES string of the molecule is Nc1nn(CCO)c2ncc(-c3cccnc3)cc12. The number of nitrogen functional groups attached to an aromatic ring is 1. The molecule has 0 aromatic carbocycles. The highest BCUT2D eigenvalue weighted by Crippen LogP contribution is 2.25. The van der Waals surface area contributed by atoms with Crippen LogP contribution in [-0.2, 0) is 6.54 Å². The van der Waals surface area contributed by atoms with Crippen molar-refractivity contribution in [3.63, 3.8) is 0 Å². The van der Waals surface area contributed by atoms with E-state index >= 15 is 0 Å². The second-order valence-corrected chi connectivity index (χ2v) is 4.17. The zero-order valence-corrected chi connectivity index (χ0v) is 10.2. The van der Waals surface area contributed by atoms with Crippen LogP contribution in [0, 0.1) is 0 Å². The van der Waals surface area contributed by atoms with Gasteiger partial charge in [0.1, 0.15) is 0 Å². The van der Waals surface area contributed by atoms with Crippen molar-refractivity contribution < 1.29 is 5.11 Å². The van der Waals surface area contributed by atoms with Crippen molar-refractivity contribution in [1.82, 2.24) is 19.7 Å². The molecule has 0 saturated carbocycles. The predicted octanol–water partition coefficient (Wildman–Crippen LogP) is 1.07. The highest BCUT2D eigenvalue weighted by atomic mass is 16.3. The van der Waals surface area contributed by atoms with Crippen molar-refractivity contribution in [2.45, 2.75) is 6.54 Å². The monoisotopic (exact) mass is 255 g/mol. The molecule has 0 amide bonds. The minimum atomic E-state index is 0.00224. The summed E-state index contributed by atoms with van der Waals surface area (Å²) in [5.41, 5.74) is 8.48. The minimum Gasteiger partial charge on any atom is -0.394 e. The maximum Gasteiger partial charge on any atom is 0.160 e. The molecule has 0 spiro atoms. The molecule has 0 atom stereocenters. The average molecular weight is 255 g/mol. The van der Waals surface area contributed by atoms with E-state index in [-0.39, 0.29) is 6.61 Å². The standard InChI is InChI=1S/C13H13N5O/c14-12-11-6-10(9-2-1-3-15-7-9)8-16-13(11)18(17-12)4-5-19/h1-3,6-8,19H,4-5H2,(H2,14,17). The van der Waals surface area contributed by atoms with Crippen LogP contribution < -0.4 is 5.73 Å². The first-order valence-electron chi connectivity index (χ1n) is 5.93. The van der Waals surface area contributed by atoms with E-state index in [9.17, 15) is 0 Å². The maximum atomic E-state index is 8.98. The third kappa shape index (κ3) is 2.02. The molecule has 6 heteroatoms. The van der Waals surface area contributed by atoms with E-state index in [1.54, 1.807) is 23.3 Å². The van der Waals surface area contributed by atoms with Gasteiger partial charge in [-0.25, -0.2) is 9.67 Å². The smallest absolute Gasteiger partial charge is 0.160 e. The molecule has 3 N–H and O–H groups in total. The molecule has 3 aromatic heterocycles. The molecule has 0 fully saturated rings. The van der Waals surface area contributed by atoms with E-state index in [0.29, 0.717) is 18.0 Å². The molecule has 3 heterocycles. The van der Waals surface area contributed by atoms with Crippen molar-refractivity contribution >= 4 is 16.9 Å². The van der Waals surface area contributed by atoms with Crippen molar-refractivity contribution in [2.75, 3.05) is 12.3 Å². The molecule has 3 rings (SSSR count). The quantitative estimate of drug-likeness (QED) is 0.730. The number of rotatable bonds is 3. The number of nitrogens with zero attached hydrogens (tertiary/aromatic N) is 4. The van der Waals surface area contributed by atoms with E-state index in [0.717, 1.165) is 16.5 Å². The van der Waals surface area contributed by atoms with Crippen LogP contribution in [0.4, 0.5) is 5.82 Å². The summed E-state index contributed by atoms with van der Waals surface area (Å²) >= 11 is 0. The van der Waals surface area contributed by atoms with Gasteiger partial charge in [0.2, 0.25) is 0 Å². The zero-order chi connectivity index (χ0) is 13.2. The topological polar surface area (TPSA) is 89.8 Å². The number of anilines is 1. The highest BCUT2D eigenvalue weighted by Gasteiger charge is 2.10. The fraction of sp³-hybridized carbons (Fsp3) is 0.154. The zero-order valence-electron chi connectivity index (χ0n) is 10.2. The molecule has 0 aliphatic carbocycles. The number of aromatic nitrogens is 4. The van der Waals surface area contributed by atoms with Crippen LogP contribution in [0.2, 0.25) is 0 Å². The van der Waals surface area contributed by atoms with Gasteiger partial charge in [0, 0.05) is 29.7 Å². The van der Waals surface area contributed by atoms with Crippen LogP contribution in [-0.4, -0.2) is 31.5 Å². The normalized spacial score (nSPS) is 11.0. The molecule has 0 radical (unpaired) electrons. The van der Waals surface area contributed by atoms with Gasteiger partial charge in [0.05, 0.1) is 18.5 Å². The summed E-state index contributed by atoms with van der Waals surface area (Å²) in [4.78, 5) is 8.46. The number of fused-ring (bicyclic) bond motifs is 1. The number of aliphatic hydroxyl groups excluding tert-OH is 1.